The van der Waals surface area contributed by atoms with Crippen LogP contribution < -0.4 is 9.64 Å². The van der Waals surface area contributed by atoms with Crippen molar-refractivity contribution in [1.29, 1.82) is 0 Å². The third-order valence-electron chi connectivity index (χ3n) is 13.7. The molecule has 0 N–H and O–H groups in total. The lowest BCUT2D eigenvalue weighted by Gasteiger charge is -2.34. The van der Waals surface area contributed by atoms with Gasteiger partial charge in [-0.1, -0.05) is 164 Å². The van der Waals surface area contributed by atoms with Crippen LogP contribution in [0.4, 0.5) is 17.1 Å². The zero-order valence-electron chi connectivity index (χ0n) is 35.2. The number of aromatic nitrogens is 1. The summed E-state index contributed by atoms with van der Waals surface area (Å²) in [5.41, 5.74) is 11.2. The Balaban J connectivity index is 0.956. The number of benzene rings is 12. The van der Waals surface area contributed by atoms with Gasteiger partial charge in [-0.2, -0.15) is 0 Å². The van der Waals surface area contributed by atoms with Gasteiger partial charge in [-0.15, -0.1) is 0 Å². The Hall–Kier alpha value is -8.66. The summed E-state index contributed by atoms with van der Waals surface area (Å²) in [6.45, 7) is 0. The van der Waals surface area contributed by atoms with Crippen LogP contribution in [0, 0.1) is 0 Å². The molecule has 1 aromatic heterocycles. The van der Waals surface area contributed by atoms with Gasteiger partial charge in [0.25, 0.3) is 0 Å². The van der Waals surface area contributed by atoms with Gasteiger partial charge in [-0.3, -0.25) is 0 Å². The molecule has 3 heteroatoms. The van der Waals surface area contributed by atoms with Crippen LogP contribution in [0.25, 0.3) is 104 Å². The van der Waals surface area contributed by atoms with Crippen molar-refractivity contribution in [3.8, 4) is 39.4 Å². The summed E-state index contributed by atoms with van der Waals surface area (Å²) in [6, 6.07) is 84.1. The minimum atomic E-state index is 0.825. The third kappa shape index (κ3) is 5.49. The third-order valence-corrected chi connectivity index (χ3v) is 13.7. The predicted molar refractivity (Wildman–Crippen MR) is 274 cm³/mol. The van der Waals surface area contributed by atoms with E-state index in [0.717, 1.165) is 56.1 Å². The van der Waals surface area contributed by atoms with Crippen molar-refractivity contribution in [3.63, 3.8) is 0 Å². The highest BCUT2D eigenvalue weighted by molar-refractivity contribution is 6.26. The Kier molecular flexibility index (Phi) is 7.69. The van der Waals surface area contributed by atoms with E-state index in [0.29, 0.717) is 0 Å². The van der Waals surface area contributed by atoms with E-state index in [-0.39, 0.29) is 0 Å². The Morgan fingerprint density at radius 2 is 0.831 bits per heavy atom. The average molecular weight is 827 g/mol. The molecule has 1 aliphatic rings. The lowest BCUT2D eigenvalue weighted by atomic mass is 9.94. The first-order chi connectivity index (χ1) is 32.2. The van der Waals surface area contributed by atoms with E-state index in [2.05, 4.69) is 240 Å². The largest absolute Gasteiger partial charge is 0.452 e. The highest BCUT2D eigenvalue weighted by atomic mass is 16.5. The second-order valence-electron chi connectivity index (χ2n) is 17.3. The molecule has 0 spiro atoms. The summed E-state index contributed by atoms with van der Waals surface area (Å²) in [7, 11) is 0. The first-order valence-electron chi connectivity index (χ1n) is 22.3. The number of nitrogens with zero attached hydrogens (tertiary/aromatic N) is 2. The van der Waals surface area contributed by atoms with Crippen LogP contribution >= 0.6 is 0 Å². The minimum Gasteiger partial charge on any atom is -0.452 e. The van der Waals surface area contributed by atoms with Crippen molar-refractivity contribution in [3.05, 3.63) is 231 Å². The van der Waals surface area contributed by atoms with Crippen molar-refractivity contribution < 1.29 is 4.74 Å². The fourth-order valence-electron chi connectivity index (χ4n) is 10.6. The average Bonchev–Trinajstić information content (AvgIpc) is 3.69. The normalized spacial score (nSPS) is 12.4. The SMILES string of the molecule is c1ccc(-c2ccc(N3c4cc(-c5ccc6c(c5)c5cc7ccccc7cc5n6-c5ccc6c7ccccc7c7ccccc7c6c5)ccc4Oc4c3ccc3ccccc43)cc2)cc1. The van der Waals surface area contributed by atoms with E-state index in [1.54, 1.807) is 0 Å². The molecule has 0 saturated carbocycles. The van der Waals surface area contributed by atoms with Gasteiger partial charge in [0, 0.05) is 27.5 Å². The van der Waals surface area contributed by atoms with Crippen molar-refractivity contribution in [1.82, 2.24) is 4.57 Å². The van der Waals surface area contributed by atoms with Crippen LogP contribution in [-0.4, -0.2) is 4.57 Å². The highest BCUT2D eigenvalue weighted by Crippen LogP contribution is 2.54. The fraction of sp³-hybridized carbons (Fsp3) is 0. The molecule has 0 fully saturated rings. The zero-order chi connectivity index (χ0) is 42.6. The number of ether oxygens (including phenoxy) is 1. The molecule has 0 aliphatic carbocycles. The van der Waals surface area contributed by atoms with E-state index < -0.39 is 0 Å². The first-order valence-corrected chi connectivity index (χ1v) is 22.3. The molecular weight excluding hydrogens is 789 g/mol. The molecule has 302 valence electrons. The van der Waals surface area contributed by atoms with Crippen LogP contribution in [0.1, 0.15) is 0 Å². The summed E-state index contributed by atoms with van der Waals surface area (Å²) >= 11 is 0. The van der Waals surface area contributed by atoms with E-state index >= 15 is 0 Å². The number of anilines is 3. The minimum absolute atomic E-state index is 0.825. The van der Waals surface area contributed by atoms with Gasteiger partial charge in [-0.05, 0) is 137 Å². The molecule has 0 amide bonds. The second kappa shape index (κ2) is 13.9. The maximum atomic E-state index is 6.88. The van der Waals surface area contributed by atoms with Crippen molar-refractivity contribution >= 4 is 92.7 Å². The molecule has 0 bridgehead atoms. The summed E-state index contributed by atoms with van der Waals surface area (Å²) in [5, 5.41) is 14.8. The first kappa shape index (κ1) is 35.9. The number of rotatable bonds is 4. The monoisotopic (exact) mass is 826 g/mol. The number of hydrogen-bond donors (Lipinski definition) is 0. The smallest absolute Gasteiger partial charge is 0.159 e. The number of hydrogen-bond acceptors (Lipinski definition) is 2. The molecule has 13 aromatic rings. The highest BCUT2D eigenvalue weighted by Gasteiger charge is 2.28. The van der Waals surface area contributed by atoms with Gasteiger partial charge < -0.3 is 14.2 Å². The van der Waals surface area contributed by atoms with Crippen LogP contribution in [0.5, 0.6) is 11.5 Å². The Bertz CT molecular complexity index is 4060. The van der Waals surface area contributed by atoms with E-state index in [9.17, 15) is 0 Å². The zero-order valence-corrected chi connectivity index (χ0v) is 35.2. The summed E-state index contributed by atoms with van der Waals surface area (Å²) in [4.78, 5) is 2.36. The standard InChI is InChI=1S/C62H38N2O/c1-2-12-39(13-3-1)40-22-27-46(28-23-40)63-58-32-24-41-14-6-7-17-48(41)62(58)65-61-33-26-45(37-60(61)63)44-25-31-57-55(35-44)56-34-42-15-4-5-16-43(42)36-59(56)64(57)47-29-30-53-51-20-9-8-18-49(51)50-19-10-11-21-52(50)54(53)38-47/h1-38H. The van der Waals surface area contributed by atoms with Crippen LogP contribution in [0.15, 0.2) is 231 Å². The summed E-state index contributed by atoms with van der Waals surface area (Å²) in [5.74, 6) is 1.69. The molecule has 0 radical (unpaired) electrons. The topological polar surface area (TPSA) is 17.4 Å². The molecule has 0 unspecified atom stereocenters. The summed E-state index contributed by atoms with van der Waals surface area (Å²) < 4.78 is 9.35. The van der Waals surface area contributed by atoms with Crippen LogP contribution in [0.2, 0.25) is 0 Å². The molecule has 14 rings (SSSR count). The molecule has 1 aliphatic heterocycles. The maximum Gasteiger partial charge on any atom is 0.159 e. The van der Waals surface area contributed by atoms with Crippen LogP contribution in [-0.2, 0) is 0 Å². The van der Waals surface area contributed by atoms with Crippen molar-refractivity contribution in [2.75, 3.05) is 4.90 Å². The van der Waals surface area contributed by atoms with Gasteiger partial charge in [0.15, 0.2) is 11.5 Å². The van der Waals surface area contributed by atoms with Gasteiger partial charge in [0.2, 0.25) is 0 Å². The summed E-state index contributed by atoms with van der Waals surface area (Å²) in [6.07, 6.45) is 0. The fourth-order valence-corrected chi connectivity index (χ4v) is 10.6. The molecular formula is C62H38N2O. The molecule has 0 atom stereocenters. The van der Waals surface area contributed by atoms with Crippen LogP contribution in [0.3, 0.4) is 0 Å². The Labute approximate surface area is 375 Å². The Morgan fingerprint density at radius 3 is 1.58 bits per heavy atom. The molecule has 65 heavy (non-hydrogen) atoms. The molecule has 3 nitrogen and oxygen atoms in total. The lowest BCUT2D eigenvalue weighted by molar-refractivity contribution is 0.482. The van der Waals surface area contributed by atoms with Crippen molar-refractivity contribution in [2.24, 2.45) is 0 Å². The van der Waals surface area contributed by atoms with Gasteiger partial charge in [0.05, 0.1) is 22.4 Å². The van der Waals surface area contributed by atoms with Crippen molar-refractivity contribution in [2.45, 2.75) is 0 Å². The quantitative estimate of drug-likeness (QED) is 0.164. The van der Waals surface area contributed by atoms with E-state index in [1.807, 2.05) is 0 Å². The predicted octanol–water partition coefficient (Wildman–Crippen LogP) is 17.5. The number of fused-ring (bicyclic) bond motifs is 14. The molecule has 12 aromatic carbocycles. The van der Waals surface area contributed by atoms with Gasteiger partial charge in [0.1, 0.15) is 0 Å². The van der Waals surface area contributed by atoms with Gasteiger partial charge >= 0.3 is 0 Å². The maximum absolute atomic E-state index is 6.88. The second-order valence-corrected chi connectivity index (χ2v) is 17.3. The lowest BCUT2D eigenvalue weighted by Crippen LogP contribution is -2.16. The van der Waals surface area contributed by atoms with Gasteiger partial charge in [-0.25, -0.2) is 0 Å². The van der Waals surface area contributed by atoms with E-state index in [1.165, 1.54) is 76.0 Å². The molecule has 0 saturated heterocycles. The Morgan fingerprint density at radius 1 is 0.277 bits per heavy atom. The van der Waals surface area contributed by atoms with E-state index in [4.69, 9.17) is 4.74 Å². The molecule has 2 heterocycles.